The Morgan fingerprint density at radius 1 is 1.57 bits per heavy atom. The van der Waals surface area contributed by atoms with Crippen LogP contribution in [-0.2, 0) is 13.6 Å². The standard InChI is InChI=1S/C10H19N3O/c1-4-13(5-6-14)8-10-7-9(2)11-12(10)3/h7,14H,4-6,8H2,1-3H3. The van der Waals surface area contributed by atoms with Crippen molar-refractivity contribution in [3.05, 3.63) is 17.5 Å². The normalized spacial score (nSPS) is 11.2. The highest BCUT2D eigenvalue weighted by Crippen LogP contribution is 2.05. The van der Waals surface area contributed by atoms with Gasteiger partial charge in [-0.25, -0.2) is 0 Å². The molecule has 1 aromatic heterocycles. The Hall–Kier alpha value is -0.870. The van der Waals surface area contributed by atoms with Gasteiger partial charge in [0.25, 0.3) is 0 Å². The first-order valence-corrected chi connectivity index (χ1v) is 5.00. The summed E-state index contributed by atoms with van der Waals surface area (Å²) in [6.45, 7) is 6.83. The van der Waals surface area contributed by atoms with E-state index < -0.39 is 0 Å². The van der Waals surface area contributed by atoms with Crippen molar-refractivity contribution in [1.82, 2.24) is 14.7 Å². The number of rotatable bonds is 5. The van der Waals surface area contributed by atoms with Crippen LogP contribution in [0.3, 0.4) is 0 Å². The smallest absolute Gasteiger partial charge is 0.0597 e. The Bertz CT molecular complexity index is 283. The molecule has 4 heteroatoms. The van der Waals surface area contributed by atoms with Crippen LogP contribution in [0.1, 0.15) is 18.3 Å². The first kappa shape index (κ1) is 11.2. The van der Waals surface area contributed by atoms with Gasteiger partial charge in [-0.05, 0) is 19.5 Å². The maximum absolute atomic E-state index is 8.86. The molecule has 0 radical (unpaired) electrons. The Labute approximate surface area is 85.1 Å². The summed E-state index contributed by atoms with van der Waals surface area (Å²) in [7, 11) is 1.95. The van der Waals surface area contributed by atoms with E-state index in [1.54, 1.807) is 0 Å². The second-order valence-electron chi connectivity index (χ2n) is 3.49. The summed E-state index contributed by atoms with van der Waals surface area (Å²) in [5.41, 5.74) is 2.24. The summed E-state index contributed by atoms with van der Waals surface area (Å²) in [5.74, 6) is 0. The summed E-state index contributed by atoms with van der Waals surface area (Å²) < 4.78 is 1.90. The van der Waals surface area contributed by atoms with E-state index in [0.29, 0.717) is 0 Å². The molecule has 14 heavy (non-hydrogen) atoms. The van der Waals surface area contributed by atoms with E-state index in [0.717, 1.165) is 25.3 Å². The lowest BCUT2D eigenvalue weighted by Gasteiger charge is -2.18. The number of hydrogen-bond acceptors (Lipinski definition) is 3. The molecule has 0 spiro atoms. The van der Waals surface area contributed by atoms with Crippen LogP contribution in [-0.4, -0.2) is 39.5 Å². The molecule has 0 aromatic carbocycles. The molecule has 1 heterocycles. The quantitative estimate of drug-likeness (QED) is 0.749. The van der Waals surface area contributed by atoms with Gasteiger partial charge >= 0.3 is 0 Å². The third-order valence-electron chi connectivity index (χ3n) is 2.35. The molecule has 0 saturated heterocycles. The minimum atomic E-state index is 0.213. The fraction of sp³-hybridized carbons (Fsp3) is 0.700. The zero-order valence-corrected chi connectivity index (χ0v) is 9.19. The molecule has 0 amide bonds. The van der Waals surface area contributed by atoms with Gasteiger partial charge in [0.2, 0.25) is 0 Å². The minimum absolute atomic E-state index is 0.213. The monoisotopic (exact) mass is 197 g/mol. The Kier molecular flexibility index (Phi) is 4.10. The lowest BCUT2D eigenvalue weighted by atomic mass is 10.3. The molecule has 0 aliphatic rings. The molecule has 0 atom stereocenters. The molecule has 0 saturated carbocycles. The fourth-order valence-corrected chi connectivity index (χ4v) is 1.53. The topological polar surface area (TPSA) is 41.3 Å². The van der Waals surface area contributed by atoms with Crippen LogP contribution in [0, 0.1) is 6.92 Å². The molecule has 0 aliphatic heterocycles. The van der Waals surface area contributed by atoms with E-state index in [-0.39, 0.29) is 6.61 Å². The summed E-state index contributed by atoms with van der Waals surface area (Å²) in [4.78, 5) is 2.19. The number of nitrogens with zero attached hydrogens (tertiary/aromatic N) is 3. The second kappa shape index (κ2) is 5.12. The van der Waals surface area contributed by atoms with Crippen molar-refractivity contribution in [3.8, 4) is 0 Å². The lowest BCUT2D eigenvalue weighted by Crippen LogP contribution is -2.27. The maximum atomic E-state index is 8.86. The van der Waals surface area contributed by atoms with Crippen LogP contribution in [0.5, 0.6) is 0 Å². The Balaban J connectivity index is 2.61. The predicted octanol–water partition coefficient (Wildman–Crippen LogP) is 0.543. The van der Waals surface area contributed by atoms with Gasteiger partial charge in [-0.2, -0.15) is 5.10 Å². The molecule has 0 aliphatic carbocycles. The number of aryl methyl sites for hydroxylation is 2. The average Bonchev–Trinajstić information content (AvgIpc) is 2.44. The first-order chi connectivity index (χ1) is 6.67. The lowest BCUT2D eigenvalue weighted by molar-refractivity contribution is 0.194. The van der Waals surface area contributed by atoms with E-state index in [1.807, 2.05) is 18.7 Å². The molecule has 1 rings (SSSR count). The minimum Gasteiger partial charge on any atom is -0.395 e. The van der Waals surface area contributed by atoms with Gasteiger partial charge in [0.05, 0.1) is 18.0 Å². The number of aromatic nitrogens is 2. The highest BCUT2D eigenvalue weighted by atomic mass is 16.3. The van der Waals surface area contributed by atoms with Crippen LogP contribution >= 0.6 is 0 Å². The summed E-state index contributed by atoms with van der Waals surface area (Å²) in [6, 6.07) is 2.08. The Morgan fingerprint density at radius 3 is 2.71 bits per heavy atom. The molecule has 4 nitrogen and oxygen atoms in total. The van der Waals surface area contributed by atoms with Crippen LogP contribution in [0.25, 0.3) is 0 Å². The number of likely N-dealkylation sites (N-methyl/N-ethyl adjacent to an activating group) is 1. The third kappa shape index (κ3) is 2.82. The van der Waals surface area contributed by atoms with Gasteiger partial charge in [-0.3, -0.25) is 9.58 Å². The van der Waals surface area contributed by atoms with Crippen molar-refractivity contribution in [3.63, 3.8) is 0 Å². The summed E-state index contributed by atoms with van der Waals surface area (Å²) >= 11 is 0. The largest absolute Gasteiger partial charge is 0.395 e. The van der Waals surface area contributed by atoms with Gasteiger partial charge in [-0.1, -0.05) is 6.92 Å². The van der Waals surface area contributed by atoms with Crippen LogP contribution in [0.15, 0.2) is 6.07 Å². The van der Waals surface area contributed by atoms with E-state index in [9.17, 15) is 0 Å². The van der Waals surface area contributed by atoms with Gasteiger partial charge < -0.3 is 5.11 Å². The summed E-state index contributed by atoms with van der Waals surface area (Å²) in [5, 5.41) is 13.1. The first-order valence-electron chi connectivity index (χ1n) is 5.00. The van der Waals surface area contributed by atoms with Gasteiger partial charge in [0.15, 0.2) is 0 Å². The zero-order chi connectivity index (χ0) is 10.6. The van der Waals surface area contributed by atoms with Crippen molar-refractivity contribution in [2.24, 2.45) is 7.05 Å². The van der Waals surface area contributed by atoms with E-state index >= 15 is 0 Å². The van der Waals surface area contributed by atoms with Crippen LogP contribution in [0.2, 0.25) is 0 Å². The fourth-order valence-electron chi connectivity index (χ4n) is 1.53. The molecule has 1 aromatic rings. The SMILES string of the molecule is CCN(CCO)Cc1cc(C)nn1C. The van der Waals surface area contributed by atoms with E-state index in [4.69, 9.17) is 5.11 Å². The van der Waals surface area contributed by atoms with Crippen molar-refractivity contribution in [2.75, 3.05) is 19.7 Å². The van der Waals surface area contributed by atoms with Crippen LogP contribution in [0.4, 0.5) is 0 Å². The number of aliphatic hydroxyl groups excluding tert-OH is 1. The third-order valence-corrected chi connectivity index (χ3v) is 2.35. The molecule has 0 fully saturated rings. The summed E-state index contributed by atoms with van der Waals surface area (Å²) in [6.07, 6.45) is 0. The van der Waals surface area contributed by atoms with Crippen molar-refractivity contribution in [1.29, 1.82) is 0 Å². The number of hydrogen-bond donors (Lipinski definition) is 1. The van der Waals surface area contributed by atoms with Crippen molar-refractivity contribution >= 4 is 0 Å². The predicted molar refractivity (Wildman–Crippen MR) is 56.0 cm³/mol. The second-order valence-corrected chi connectivity index (χ2v) is 3.49. The molecule has 1 N–H and O–H groups in total. The number of aliphatic hydroxyl groups is 1. The average molecular weight is 197 g/mol. The molecular formula is C10H19N3O. The highest BCUT2D eigenvalue weighted by molar-refractivity contribution is 5.08. The van der Waals surface area contributed by atoms with Gasteiger partial charge in [0, 0.05) is 20.1 Å². The van der Waals surface area contributed by atoms with E-state index in [1.165, 1.54) is 5.69 Å². The molecule has 0 unspecified atom stereocenters. The van der Waals surface area contributed by atoms with Crippen molar-refractivity contribution in [2.45, 2.75) is 20.4 Å². The molecule has 0 bridgehead atoms. The Morgan fingerprint density at radius 2 is 2.29 bits per heavy atom. The zero-order valence-electron chi connectivity index (χ0n) is 9.19. The molecule has 80 valence electrons. The van der Waals surface area contributed by atoms with Gasteiger partial charge in [0.1, 0.15) is 0 Å². The maximum Gasteiger partial charge on any atom is 0.0597 e. The highest BCUT2D eigenvalue weighted by Gasteiger charge is 2.06. The van der Waals surface area contributed by atoms with Crippen molar-refractivity contribution < 1.29 is 5.11 Å². The van der Waals surface area contributed by atoms with Crippen LogP contribution < -0.4 is 0 Å². The molecular weight excluding hydrogens is 178 g/mol. The van der Waals surface area contributed by atoms with Gasteiger partial charge in [-0.15, -0.1) is 0 Å². The van der Waals surface area contributed by atoms with E-state index in [2.05, 4.69) is 23.0 Å².